The molecule has 2 aromatic rings. The Bertz CT molecular complexity index is 767. The van der Waals surface area contributed by atoms with E-state index in [4.69, 9.17) is 0 Å². The van der Waals surface area contributed by atoms with Gasteiger partial charge in [0.15, 0.2) is 0 Å². The smallest absolute Gasteiger partial charge is 0.330 e. The summed E-state index contributed by atoms with van der Waals surface area (Å²) in [6.45, 7) is 0.241. The standard InChI is InChI=1S/C13H13BrFN3O2/c1-17-7-8(12(19)18(2)13(17)20)6-16-11-4-3-9(15)5-10(11)14/h3-5,7,16H,6H2,1-2H3. The Morgan fingerprint density at radius 1 is 1.30 bits per heavy atom. The first-order valence-electron chi connectivity index (χ1n) is 5.84. The van der Waals surface area contributed by atoms with Crippen LogP contribution in [0.4, 0.5) is 10.1 Å². The van der Waals surface area contributed by atoms with Gasteiger partial charge in [0.1, 0.15) is 5.82 Å². The summed E-state index contributed by atoms with van der Waals surface area (Å²) in [6, 6.07) is 4.24. The lowest BCUT2D eigenvalue weighted by Crippen LogP contribution is -2.38. The molecule has 1 aromatic carbocycles. The second-order valence-corrected chi connectivity index (χ2v) is 5.24. The molecular formula is C13H13BrFN3O2. The SMILES string of the molecule is Cn1cc(CNc2ccc(F)cc2Br)c(=O)n(C)c1=O. The number of aryl methyl sites for hydroxylation is 1. The normalized spacial score (nSPS) is 10.6. The number of anilines is 1. The van der Waals surface area contributed by atoms with E-state index in [1.807, 2.05) is 0 Å². The molecule has 7 heteroatoms. The fourth-order valence-corrected chi connectivity index (χ4v) is 2.32. The molecule has 5 nitrogen and oxygen atoms in total. The Morgan fingerprint density at radius 3 is 2.65 bits per heavy atom. The van der Waals surface area contributed by atoms with Gasteiger partial charge in [-0.2, -0.15) is 0 Å². The number of benzene rings is 1. The van der Waals surface area contributed by atoms with Crippen molar-refractivity contribution < 1.29 is 4.39 Å². The lowest BCUT2D eigenvalue weighted by atomic mass is 10.2. The second kappa shape index (κ2) is 5.62. The van der Waals surface area contributed by atoms with Crippen LogP contribution in [0.15, 0.2) is 38.5 Å². The summed E-state index contributed by atoms with van der Waals surface area (Å²) in [5, 5.41) is 3.03. The number of aromatic nitrogens is 2. The molecule has 0 aliphatic rings. The molecular weight excluding hydrogens is 329 g/mol. The van der Waals surface area contributed by atoms with E-state index >= 15 is 0 Å². The maximum absolute atomic E-state index is 13.0. The maximum atomic E-state index is 13.0. The van der Waals surface area contributed by atoms with Gasteiger partial charge in [-0.3, -0.25) is 9.36 Å². The van der Waals surface area contributed by atoms with Crippen molar-refractivity contribution in [1.29, 1.82) is 0 Å². The summed E-state index contributed by atoms with van der Waals surface area (Å²) >= 11 is 3.24. The minimum absolute atomic E-state index is 0.241. The van der Waals surface area contributed by atoms with Crippen LogP contribution in [-0.4, -0.2) is 9.13 Å². The highest BCUT2D eigenvalue weighted by atomic mass is 79.9. The van der Waals surface area contributed by atoms with Gasteiger partial charge < -0.3 is 9.88 Å². The molecule has 0 unspecified atom stereocenters. The van der Waals surface area contributed by atoms with Crippen LogP contribution in [-0.2, 0) is 20.6 Å². The fraction of sp³-hybridized carbons (Fsp3) is 0.231. The number of hydrogen-bond acceptors (Lipinski definition) is 3. The van der Waals surface area contributed by atoms with Crippen molar-refractivity contribution in [1.82, 2.24) is 9.13 Å². The molecule has 0 aliphatic carbocycles. The number of halogens is 2. The Labute approximate surface area is 122 Å². The van der Waals surface area contributed by atoms with Gasteiger partial charge in [0.25, 0.3) is 5.56 Å². The molecule has 0 amide bonds. The average molecular weight is 342 g/mol. The summed E-state index contributed by atoms with van der Waals surface area (Å²) in [5.74, 6) is -0.347. The first-order chi connectivity index (χ1) is 9.40. The van der Waals surface area contributed by atoms with Crippen molar-refractivity contribution in [2.45, 2.75) is 6.54 Å². The van der Waals surface area contributed by atoms with Crippen LogP contribution in [0.3, 0.4) is 0 Å². The van der Waals surface area contributed by atoms with Crippen molar-refractivity contribution in [2.24, 2.45) is 14.1 Å². The third-order valence-corrected chi connectivity index (χ3v) is 3.57. The number of nitrogens with zero attached hydrogens (tertiary/aromatic N) is 2. The molecule has 0 saturated heterocycles. The molecule has 0 spiro atoms. The van der Waals surface area contributed by atoms with E-state index < -0.39 is 0 Å². The number of nitrogens with one attached hydrogen (secondary N) is 1. The Kier molecular flexibility index (Phi) is 4.08. The van der Waals surface area contributed by atoms with Crippen molar-refractivity contribution >= 4 is 21.6 Å². The molecule has 0 saturated carbocycles. The second-order valence-electron chi connectivity index (χ2n) is 4.39. The van der Waals surface area contributed by atoms with Crippen LogP contribution < -0.4 is 16.6 Å². The van der Waals surface area contributed by atoms with E-state index in [1.165, 1.54) is 29.9 Å². The van der Waals surface area contributed by atoms with Crippen LogP contribution in [0.1, 0.15) is 5.56 Å². The first kappa shape index (κ1) is 14.5. The highest BCUT2D eigenvalue weighted by Gasteiger charge is 2.07. The summed E-state index contributed by atoms with van der Waals surface area (Å²) in [6.07, 6.45) is 1.50. The molecule has 0 bridgehead atoms. The van der Waals surface area contributed by atoms with Gasteiger partial charge in [-0.05, 0) is 34.1 Å². The van der Waals surface area contributed by atoms with Crippen LogP contribution >= 0.6 is 15.9 Å². The van der Waals surface area contributed by atoms with E-state index in [2.05, 4.69) is 21.2 Å². The third-order valence-electron chi connectivity index (χ3n) is 2.92. The predicted octanol–water partition coefficient (Wildman–Crippen LogP) is 1.60. The summed E-state index contributed by atoms with van der Waals surface area (Å²) < 4.78 is 15.9. The van der Waals surface area contributed by atoms with Crippen molar-refractivity contribution in [3.8, 4) is 0 Å². The van der Waals surface area contributed by atoms with Gasteiger partial charge in [0.05, 0.1) is 5.56 Å². The molecule has 1 heterocycles. The van der Waals surface area contributed by atoms with Crippen molar-refractivity contribution in [3.63, 3.8) is 0 Å². The minimum Gasteiger partial charge on any atom is -0.380 e. The van der Waals surface area contributed by atoms with E-state index in [-0.39, 0.29) is 23.6 Å². The summed E-state index contributed by atoms with van der Waals surface area (Å²) in [5.41, 5.74) is 0.397. The predicted molar refractivity (Wildman–Crippen MR) is 78.4 cm³/mol. The zero-order valence-electron chi connectivity index (χ0n) is 11.0. The zero-order valence-corrected chi connectivity index (χ0v) is 12.6. The number of hydrogen-bond donors (Lipinski definition) is 1. The summed E-state index contributed by atoms with van der Waals surface area (Å²) in [4.78, 5) is 23.5. The average Bonchev–Trinajstić information content (AvgIpc) is 2.40. The molecule has 20 heavy (non-hydrogen) atoms. The maximum Gasteiger partial charge on any atom is 0.330 e. The van der Waals surface area contributed by atoms with E-state index in [9.17, 15) is 14.0 Å². The van der Waals surface area contributed by atoms with Crippen LogP contribution in [0.2, 0.25) is 0 Å². The Hall–Kier alpha value is -1.89. The molecule has 0 fully saturated rings. The number of rotatable bonds is 3. The lowest BCUT2D eigenvalue weighted by molar-refractivity contribution is 0.627. The quantitative estimate of drug-likeness (QED) is 0.922. The third kappa shape index (κ3) is 2.82. The molecule has 2 rings (SSSR count). The van der Waals surface area contributed by atoms with E-state index in [0.29, 0.717) is 15.7 Å². The van der Waals surface area contributed by atoms with Gasteiger partial charge in [-0.15, -0.1) is 0 Å². The fourth-order valence-electron chi connectivity index (χ4n) is 1.83. The molecule has 0 atom stereocenters. The van der Waals surface area contributed by atoms with Gasteiger partial charge in [-0.25, -0.2) is 9.18 Å². The summed E-state index contributed by atoms with van der Waals surface area (Å²) in [7, 11) is 3.01. The van der Waals surface area contributed by atoms with E-state index in [0.717, 1.165) is 4.57 Å². The zero-order chi connectivity index (χ0) is 14.9. The first-order valence-corrected chi connectivity index (χ1v) is 6.64. The van der Waals surface area contributed by atoms with Gasteiger partial charge >= 0.3 is 5.69 Å². The van der Waals surface area contributed by atoms with Crippen LogP contribution in [0, 0.1) is 5.82 Å². The molecule has 106 valence electrons. The molecule has 0 radical (unpaired) electrons. The monoisotopic (exact) mass is 341 g/mol. The highest BCUT2D eigenvalue weighted by molar-refractivity contribution is 9.10. The highest BCUT2D eigenvalue weighted by Crippen LogP contribution is 2.23. The lowest BCUT2D eigenvalue weighted by Gasteiger charge is -2.10. The van der Waals surface area contributed by atoms with Gasteiger partial charge in [0, 0.05) is 37.0 Å². The molecule has 0 aliphatic heterocycles. The Balaban J connectivity index is 2.28. The largest absolute Gasteiger partial charge is 0.380 e. The van der Waals surface area contributed by atoms with Crippen LogP contribution in [0.5, 0.6) is 0 Å². The van der Waals surface area contributed by atoms with Gasteiger partial charge in [0.2, 0.25) is 0 Å². The topological polar surface area (TPSA) is 56.0 Å². The minimum atomic E-state index is -0.373. The molecule has 1 aromatic heterocycles. The van der Waals surface area contributed by atoms with Gasteiger partial charge in [-0.1, -0.05) is 0 Å². The van der Waals surface area contributed by atoms with Crippen molar-refractivity contribution in [2.75, 3.05) is 5.32 Å². The van der Waals surface area contributed by atoms with Crippen molar-refractivity contribution in [3.05, 3.63) is 61.1 Å². The van der Waals surface area contributed by atoms with Crippen LogP contribution in [0.25, 0.3) is 0 Å². The van der Waals surface area contributed by atoms with E-state index in [1.54, 1.807) is 13.1 Å². The Morgan fingerprint density at radius 2 is 2.00 bits per heavy atom. The molecule has 1 N–H and O–H groups in total.